The Labute approximate surface area is 115 Å². The van der Waals surface area contributed by atoms with E-state index in [0.29, 0.717) is 5.56 Å². The van der Waals surface area contributed by atoms with Crippen LogP contribution in [0.2, 0.25) is 0 Å². The zero-order chi connectivity index (χ0) is 14.9. The van der Waals surface area contributed by atoms with E-state index in [2.05, 4.69) is 10.1 Å². The fraction of sp³-hybridized carbons (Fsp3) is 0.500. The molecule has 110 valence electrons. The van der Waals surface area contributed by atoms with E-state index in [1.165, 1.54) is 12.1 Å². The molecule has 0 aliphatic carbocycles. The molecule has 1 aliphatic rings. The predicted molar refractivity (Wildman–Crippen MR) is 68.6 cm³/mol. The van der Waals surface area contributed by atoms with Crippen LogP contribution < -0.4 is 10.1 Å². The van der Waals surface area contributed by atoms with Crippen molar-refractivity contribution in [2.45, 2.75) is 39.0 Å². The molecule has 0 radical (unpaired) electrons. The molecule has 0 fully saturated rings. The van der Waals surface area contributed by atoms with E-state index in [-0.39, 0.29) is 23.3 Å². The summed E-state index contributed by atoms with van der Waals surface area (Å²) in [4.78, 5) is 12.1. The summed E-state index contributed by atoms with van der Waals surface area (Å²) >= 11 is 0. The number of hydrogen-bond acceptors (Lipinski definition) is 2. The lowest BCUT2D eigenvalue weighted by Gasteiger charge is -2.19. The van der Waals surface area contributed by atoms with Crippen LogP contribution in [0.15, 0.2) is 18.2 Å². The molecule has 1 aromatic carbocycles. The first-order valence-corrected chi connectivity index (χ1v) is 6.56. The number of para-hydroxylation sites is 1. The molecule has 1 amide bonds. The van der Waals surface area contributed by atoms with Gasteiger partial charge in [0.15, 0.2) is 5.75 Å². The van der Waals surface area contributed by atoms with Crippen LogP contribution in [0.1, 0.15) is 38.2 Å². The number of carbonyl (C=O) groups excluding carboxylic acids is 1. The summed E-state index contributed by atoms with van der Waals surface area (Å²) in [6.45, 7) is 3.94. The van der Waals surface area contributed by atoms with Gasteiger partial charge in [-0.2, -0.15) is 0 Å². The van der Waals surface area contributed by atoms with E-state index >= 15 is 0 Å². The highest BCUT2D eigenvalue weighted by atomic mass is 19.4. The quantitative estimate of drug-likeness (QED) is 0.907. The van der Waals surface area contributed by atoms with Crippen LogP contribution >= 0.6 is 0 Å². The average molecular weight is 287 g/mol. The minimum absolute atomic E-state index is 0.109. The molecule has 2 rings (SSSR count). The Morgan fingerprint density at radius 1 is 1.30 bits per heavy atom. The maximum atomic E-state index is 12.4. The third-order valence-electron chi connectivity index (χ3n) is 3.67. The number of fused-ring (bicyclic) bond motifs is 1. The number of halogens is 3. The van der Waals surface area contributed by atoms with Gasteiger partial charge in [0.05, 0.1) is 11.6 Å². The maximum absolute atomic E-state index is 12.4. The van der Waals surface area contributed by atoms with Gasteiger partial charge in [0, 0.05) is 0 Å². The Balaban J connectivity index is 2.40. The van der Waals surface area contributed by atoms with Gasteiger partial charge < -0.3 is 10.1 Å². The Hall–Kier alpha value is -1.72. The summed E-state index contributed by atoms with van der Waals surface area (Å²) in [5.74, 6) is -0.905. The lowest BCUT2D eigenvalue weighted by molar-refractivity contribution is -0.274. The van der Waals surface area contributed by atoms with Gasteiger partial charge in [-0.1, -0.05) is 38.8 Å². The topological polar surface area (TPSA) is 38.3 Å². The van der Waals surface area contributed by atoms with E-state index in [1.54, 1.807) is 6.07 Å². The van der Waals surface area contributed by atoms with Gasteiger partial charge in [-0.15, -0.1) is 13.2 Å². The first-order chi connectivity index (χ1) is 9.37. The summed E-state index contributed by atoms with van der Waals surface area (Å²) < 4.78 is 41.1. The van der Waals surface area contributed by atoms with Gasteiger partial charge in [0.1, 0.15) is 0 Å². The molecule has 1 aromatic rings. The van der Waals surface area contributed by atoms with Gasteiger partial charge in [0.25, 0.3) is 0 Å². The predicted octanol–water partition coefficient (Wildman–Crippen LogP) is 4.06. The third kappa shape index (κ3) is 2.73. The fourth-order valence-electron chi connectivity index (χ4n) is 2.72. The molecular formula is C14H16F3NO2. The van der Waals surface area contributed by atoms with Crippen molar-refractivity contribution in [3.8, 4) is 5.75 Å². The molecule has 0 bridgehead atoms. The van der Waals surface area contributed by atoms with Gasteiger partial charge in [-0.25, -0.2) is 0 Å². The highest BCUT2D eigenvalue weighted by Gasteiger charge is 2.39. The van der Waals surface area contributed by atoms with E-state index in [9.17, 15) is 18.0 Å². The summed E-state index contributed by atoms with van der Waals surface area (Å²) in [7, 11) is 0. The van der Waals surface area contributed by atoms with Crippen molar-refractivity contribution in [2.24, 2.45) is 5.92 Å². The molecule has 1 atom stereocenters. The lowest BCUT2D eigenvalue weighted by atomic mass is 9.83. The molecular weight excluding hydrogens is 271 g/mol. The van der Waals surface area contributed by atoms with Crippen molar-refractivity contribution in [3.63, 3.8) is 0 Å². The molecule has 20 heavy (non-hydrogen) atoms. The fourth-order valence-corrected chi connectivity index (χ4v) is 2.72. The van der Waals surface area contributed by atoms with Gasteiger partial charge in [-0.3, -0.25) is 4.79 Å². The Morgan fingerprint density at radius 2 is 1.95 bits per heavy atom. The summed E-state index contributed by atoms with van der Waals surface area (Å²) in [6.07, 6.45) is -3.19. The number of hydrogen-bond donors (Lipinski definition) is 1. The Kier molecular flexibility index (Phi) is 3.92. The first kappa shape index (κ1) is 14.7. The molecule has 1 heterocycles. The Morgan fingerprint density at radius 3 is 2.50 bits per heavy atom. The number of rotatable bonds is 4. The summed E-state index contributed by atoms with van der Waals surface area (Å²) in [5.41, 5.74) is 0.733. The first-order valence-electron chi connectivity index (χ1n) is 6.56. The highest BCUT2D eigenvalue weighted by Crippen LogP contribution is 2.45. The maximum Gasteiger partial charge on any atom is 0.573 e. The van der Waals surface area contributed by atoms with Crippen LogP contribution in [-0.2, 0) is 4.79 Å². The minimum atomic E-state index is -4.77. The van der Waals surface area contributed by atoms with E-state index < -0.39 is 12.3 Å². The van der Waals surface area contributed by atoms with Crippen LogP contribution in [0.5, 0.6) is 5.75 Å². The molecule has 1 N–H and O–H groups in total. The standard InChI is InChI=1S/C14H16F3NO2/c1-3-8(4-2)11-9-6-5-7-10(20-14(15,16)17)12(9)18-13(11)19/h5-8,11H,3-4H2,1-2H3,(H,18,19). The number of amides is 1. The van der Waals surface area contributed by atoms with Crippen molar-refractivity contribution in [1.82, 2.24) is 0 Å². The third-order valence-corrected chi connectivity index (χ3v) is 3.67. The van der Waals surface area contributed by atoms with Crippen LogP contribution in [0.25, 0.3) is 0 Å². The van der Waals surface area contributed by atoms with Crippen molar-refractivity contribution in [3.05, 3.63) is 23.8 Å². The number of benzene rings is 1. The van der Waals surface area contributed by atoms with E-state index in [4.69, 9.17) is 0 Å². The number of alkyl halides is 3. The SMILES string of the molecule is CCC(CC)C1C(=O)Nc2c(OC(F)(F)F)cccc21. The van der Waals surface area contributed by atoms with Crippen LogP contribution in [0.3, 0.4) is 0 Å². The monoisotopic (exact) mass is 287 g/mol. The molecule has 6 heteroatoms. The number of carbonyl (C=O) groups is 1. The molecule has 0 spiro atoms. The summed E-state index contributed by atoms with van der Waals surface area (Å²) in [5, 5.41) is 2.52. The van der Waals surface area contributed by atoms with Crippen LogP contribution in [0, 0.1) is 5.92 Å². The highest BCUT2D eigenvalue weighted by molar-refractivity contribution is 6.04. The zero-order valence-electron chi connectivity index (χ0n) is 11.3. The molecule has 0 aromatic heterocycles. The minimum Gasteiger partial charge on any atom is -0.404 e. The second-order valence-electron chi connectivity index (χ2n) is 4.81. The number of nitrogens with one attached hydrogen (secondary N) is 1. The van der Waals surface area contributed by atoms with Crippen molar-refractivity contribution in [1.29, 1.82) is 0 Å². The largest absolute Gasteiger partial charge is 0.573 e. The van der Waals surface area contributed by atoms with Gasteiger partial charge >= 0.3 is 6.36 Å². The second kappa shape index (κ2) is 5.34. The zero-order valence-corrected chi connectivity index (χ0v) is 11.3. The van der Waals surface area contributed by atoms with Crippen LogP contribution in [-0.4, -0.2) is 12.3 Å². The van der Waals surface area contributed by atoms with Crippen molar-refractivity contribution >= 4 is 11.6 Å². The molecule has 1 aliphatic heterocycles. The Bertz CT molecular complexity index is 510. The average Bonchev–Trinajstić information content (AvgIpc) is 2.68. The number of ether oxygens (including phenoxy) is 1. The number of anilines is 1. The van der Waals surface area contributed by atoms with Gasteiger partial charge in [0.2, 0.25) is 5.91 Å². The summed E-state index contributed by atoms with van der Waals surface area (Å²) in [6, 6.07) is 4.37. The molecule has 1 unspecified atom stereocenters. The lowest BCUT2D eigenvalue weighted by Crippen LogP contribution is -2.20. The second-order valence-corrected chi connectivity index (χ2v) is 4.81. The smallest absolute Gasteiger partial charge is 0.404 e. The van der Waals surface area contributed by atoms with E-state index in [1.807, 2.05) is 13.8 Å². The normalized spacial score (nSPS) is 18.1. The van der Waals surface area contributed by atoms with Crippen molar-refractivity contribution in [2.75, 3.05) is 5.32 Å². The molecule has 0 saturated carbocycles. The van der Waals surface area contributed by atoms with E-state index in [0.717, 1.165) is 12.8 Å². The van der Waals surface area contributed by atoms with Crippen molar-refractivity contribution < 1.29 is 22.7 Å². The van der Waals surface area contributed by atoms with Crippen LogP contribution in [0.4, 0.5) is 18.9 Å². The molecule has 0 saturated heterocycles. The molecule has 3 nitrogen and oxygen atoms in total. The van der Waals surface area contributed by atoms with Gasteiger partial charge in [-0.05, 0) is 17.5 Å².